The molecule has 2 N–H and O–H groups in total. The van der Waals surface area contributed by atoms with Crippen molar-refractivity contribution in [2.75, 3.05) is 12.0 Å². The second kappa shape index (κ2) is 9.61. The summed E-state index contributed by atoms with van der Waals surface area (Å²) in [4.78, 5) is 35.4. The van der Waals surface area contributed by atoms with E-state index in [9.17, 15) is 14.4 Å². The van der Waals surface area contributed by atoms with Crippen molar-refractivity contribution in [1.29, 1.82) is 0 Å². The van der Waals surface area contributed by atoms with Crippen molar-refractivity contribution in [2.45, 2.75) is 51.0 Å². The summed E-state index contributed by atoms with van der Waals surface area (Å²) in [6.07, 6.45) is 6.80. The van der Waals surface area contributed by atoms with Crippen LogP contribution in [0.15, 0.2) is 18.2 Å². The first-order valence-electron chi connectivity index (χ1n) is 8.67. The van der Waals surface area contributed by atoms with Crippen LogP contribution < -0.4 is 5.32 Å². The molecule has 0 radical (unpaired) electrons. The molecule has 0 fully saturated rings. The molecule has 2 rings (SSSR count). The van der Waals surface area contributed by atoms with E-state index in [1.165, 1.54) is 29.3 Å². The van der Waals surface area contributed by atoms with Gasteiger partial charge in [0.25, 0.3) is 0 Å². The molecule has 1 unspecified atom stereocenters. The van der Waals surface area contributed by atoms with E-state index in [1.54, 1.807) is 0 Å². The van der Waals surface area contributed by atoms with Crippen LogP contribution in [0.1, 0.15) is 53.6 Å². The van der Waals surface area contributed by atoms with Gasteiger partial charge in [-0.05, 0) is 61.3 Å². The summed E-state index contributed by atoms with van der Waals surface area (Å²) in [5, 5.41) is 11.6. The van der Waals surface area contributed by atoms with E-state index in [0.29, 0.717) is 17.7 Å². The van der Waals surface area contributed by atoms with Crippen molar-refractivity contribution in [3.8, 4) is 0 Å². The molecule has 0 aliphatic heterocycles. The third kappa shape index (κ3) is 5.88. The molecule has 25 heavy (non-hydrogen) atoms. The Balaban J connectivity index is 1.86. The third-order valence-electron chi connectivity index (χ3n) is 4.49. The largest absolute Gasteiger partial charge is 0.480 e. The fraction of sp³-hybridized carbons (Fsp3) is 0.526. The highest BCUT2D eigenvalue weighted by Crippen LogP contribution is 2.23. The fourth-order valence-electron chi connectivity index (χ4n) is 3.04. The van der Waals surface area contributed by atoms with Crippen LogP contribution >= 0.6 is 11.8 Å². The minimum atomic E-state index is -1.04. The Labute approximate surface area is 152 Å². The van der Waals surface area contributed by atoms with Crippen LogP contribution in [-0.4, -0.2) is 40.8 Å². The number of carboxylic acids is 1. The van der Waals surface area contributed by atoms with E-state index in [2.05, 4.69) is 5.32 Å². The van der Waals surface area contributed by atoms with Crippen molar-refractivity contribution in [3.05, 3.63) is 34.9 Å². The van der Waals surface area contributed by atoms with Gasteiger partial charge in [0.1, 0.15) is 6.04 Å². The molecular weight excluding hydrogens is 338 g/mol. The van der Waals surface area contributed by atoms with E-state index in [-0.39, 0.29) is 24.5 Å². The number of nitrogens with one attached hydrogen (secondary N) is 1. The van der Waals surface area contributed by atoms with Gasteiger partial charge in [-0.1, -0.05) is 12.1 Å². The van der Waals surface area contributed by atoms with Crippen molar-refractivity contribution in [2.24, 2.45) is 0 Å². The molecule has 1 aliphatic rings. The molecular formula is C19H25NO4S. The van der Waals surface area contributed by atoms with E-state index in [4.69, 9.17) is 5.11 Å². The Morgan fingerprint density at radius 1 is 1.16 bits per heavy atom. The van der Waals surface area contributed by atoms with Crippen molar-refractivity contribution < 1.29 is 19.5 Å². The molecule has 5 nitrogen and oxygen atoms in total. The molecule has 6 heteroatoms. The highest BCUT2D eigenvalue weighted by Gasteiger charge is 2.20. The van der Waals surface area contributed by atoms with E-state index in [1.807, 2.05) is 24.5 Å². The summed E-state index contributed by atoms with van der Waals surface area (Å²) in [5.41, 5.74) is 3.20. The number of hydrogen-bond acceptors (Lipinski definition) is 4. The van der Waals surface area contributed by atoms with E-state index >= 15 is 0 Å². The van der Waals surface area contributed by atoms with Crippen LogP contribution in [0.4, 0.5) is 0 Å². The Morgan fingerprint density at radius 2 is 1.88 bits per heavy atom. The van der Waals surface area contributed by atoms with E-state index < -0.39 is 12.0 Å². The first-order chi connectivity index (χ1) is 12.0. The zero-order chi connectivity index (χ0) is 18.2. The number of carbonyl (C=O) groups excluding carboxylic acids is 2. The molecule has 0 aromatic heterocycles. The van der Waals surface area contributed by atoms with Gasteiger partial charge >= 0.3 is 5.97 Å². The van der Waals surface area contributed by atoms with E-state index in [0.717, 1.165) is 19.3 Å². The predicted molar refractivity (Wildman–Crippen MR) is 99.2 cm³/mol. The van der Waals surface area contributed by atoms with Gasteiger partial charge in [0.2, 0.25) is 5.91 Å². The van der Waals surface area contributed by atoms with Crippen molar-refractivity contribution in [3.63, 3.8) is 0 Å². The van der Waals surface area contributed by atoms with Gasteiger partial charge in [-0.2, -0.15) is 11.8 Å². The lowest BCUT2D eigenvalue weighted by Gasteiger charge is -2.16. The molecule has 0 heterocycles. The summed E-state index contributed by atoms with van der Waals surface area (Å²) < 4.78 is 0. The lowest BCUT2D eigenvalue weighted by atomic mass is 9.89. The predicted octanol–water partition coefficient (Wildman–Crippen LogP) is 2.85. The van der Waals surface area contributed by atoms with Crippen LogP contribution in [0.25, 0.3) is 0 Å². The Morgan fingerprint density at radius 3 is 2.56 bits per heavy atom. The van der Waals surface area contributed by atoms with Gasteiger partial charge < -0.3 is 10.4 Å². The van der Waals surface area contributed by atoms with Gasteiger partial charge in [0, 0.05) is 18.4 Å². The number of ketones is 1. The Bertz CT molecular complexity index is 644. The minimum Gasteiger partial charge on any atom is -0.480 e. The fourth-order valence-corrected chi connectivity index (χ4v) is 3.51. The smallest absolute Gasteiger partial charge is 0.326 e. The van der Waals surface area contributed by atoms with Gasteiger partial charge in [-0.25, -0.2) is 4.79 Å². The van der Waals surface area contributed by atoms with Crippen LogP contribution in [-0.2, 0) is 22.4 Å². The first-order valence-corrected chi connectivity index (χ1v) is 10.1. The molecule has 1 aromatic carbocycles. The lowest BCUT2D eigenvalue weighted by Crippen LogP contribution is -2.41. The number of fused-ring (bicyclic) bond motifs is 1. The number of carbonyl (C=O) groups is 3. The average Bonchev–Trinajstić information content (AvgIpc) is 2.62. The molecule has 0 spiro atoms. The summed E-state index contributed by atoms with van der Waals surface area (Å²) in [6.45, 7) is 0. The van der Waals surface area contributed by atoms with Crippen LogP contribution in [0.2, 0.25) is 0 Å². The monoisotopic (exact) mass is 363 g/mol. The zero-order valence-corrected chi connectivity index (χ0v) is 15.4. The summed E-state index contributed by atoms with van der Waals surface area (Å²) in [5.74, 6) is -0.839. The van der Waals surface area contributed by atoms with Crippen molar-refractivity contribution >= 4 is 29.4 Å². The topological polar surface area (TPSA) is 83.5 Å². The molecule has 1 aromatic rings. The summed E-state index contributed by atoms with van der Waals surface area (Å²) >= 11 is 1.53. The van der Waals surface area contributed by atoms with Crippen LogP contribution in [0.5, 0.6) is 0 Å². The number of Topliss-reactive ketones (excluding diaryl/α,β-unsaturated/α-hetero) is 1. The molecule has 1 atom stereocenters. The van der Waals surface area contributed by atoms with Crippen LogP contribution in [0.3, 0.4) is 0 Å². The maximum atomic E-state index is 12.3. The zero-order valence-electron chi connectivity index (χ0n) is 14.5. The standard InChI is InChI=1S/C19H25NO4S/c1-25-11-10-16(19(23)24)20-18(22)9-8-17(21)15-7-6-13-4-2-3-5-14(13)12-15/h6-7,12,16H,2-5,8-11H2,1H3,(H,20,22)(H,23,24). The third-order valence-corrected chi connectivity index (χ3v) is 5.14. The Kier molecular flexibility index (Phi) is 7.50. The number of rotatable bonds is 9. The molecule has 1 aliphatic carbocycles. The maximum Gasteiger partial charge on any atom is 0.326 e. The SMILES string of the molecule is CSCCC(NC(=O)CCC(=O)c1ccc2c(c1)CCCC2)C(=O)O. The molecule has 136 valence electrons. The van der Waals surface area contributed by atoms with Gasteiger partial charge in [-0.15, -0.1) is 0 Å². The van der Waals surface area contributed by atoms with Gasteiger partial charge in [0.15, 0.2) is 5.78 Å². The highest BCUT2D eigenvalue weighted by atomic mass is 32.2. The summed E-state index contributed by atoms with van der Waals surface area (Å²) in [6, 6.07) is 4.92. The number of carboxylic acid groups (broad SMARTS) is 1. The molecule has 1 amide bonds. The number of benzene rings is 1. The highest BCUT2D eigenvalue weighted by molar-refractivity contribution is 7.98. The quantitative estimate of drug-likeness (QED) is 0.659. The average molecular weight is 363 g/mol. The molecule has 0 bridgehead atoms. The number of aliphatic carboxylic acids is 1. The van der Waals surface area contributed by atoms with Crippen molar-refractivity contribution in [1.82, 2.24) is 5.32 Å². The second-order valence-electron chi connectivity index (χ2n) is 6.35. The normalized spacial score (nSPS) is 14.4. The Hall–Kier alpha value is -1.82. The van der Waals surface area contributed by atoms with Gasteiger partial charge in [0.05, 0.1) is 0 Å². The minimum absolute atomic E-state index is 0.0129. The lowest BCUT2D eigenvalue weighted by molar-refractivity contribution is -0.141. The second-order valence-corrected chi connectivity index (χ2v) is 7.34. The molecule has 0 saturated heterocycles. The first kappa shape index (κ1) is 19.5. The van der Waals surface area contributed by atoms with Crippen LogP contribution in [0, 0.1) is 0 Å². The molecule has 0 saturated carbocycles. The number of thioether (sulfide) groups is 1. The van der Waals surface area contributed by atoms with Gasteiger partial charge in [-0.3, -0.25) is 9.59 Å². The number of hydrogen-bond donors (Lipinski definition) is 2. The summed E-state index contributed by atoms with van der Waals surface area (Å²) in [7, 11) is 0. The number of aryl methyl sites for hydroxylation is 2. The maximum absolute atomic E-state index is 12.3. The number of amides is 1.